The van der Waals surface area contributed by atoms with E-state index in [1.165, 1.54) is 10.9 Å². The van der Waals surface area contributed by atoms with Crippen molar-refractivity contribution in [1.82, 2.24) is 10.3 Å². The van der Waals surface area contributed by atoms with Gasteiger partial charge in [-0.2, -0.15) is 0 Å². The minimum Gasteiger partial charge on any atom is -0.444 e. The average molecular weight is 424 g/mol. The van der Waals surface area contributed by atoms with Crippen LogP contribution < -0.4 is 5.32 Å². The predicted molar refractivity (Wildman–Crippen MR) is 123 cm³/mol. The Hall–Kier alpha value is -2.76. The molecule has 0 unspecified atom stereocenters. The zero-order chi connectivity index (χ0) is 22.8. The molecule has 0 saturated heterocycles. The molecule has 6 nitrogen and oxygen atoms in total. The van der Waals surface area contributed by atoms with Gasteiger partial charge in [0.1, 0.15) is 5.60 Å². The summed E-state index contributed by atoms with van der Waals surface area (Å²) in [5.41, 5.74) is 0.490. The lowest BCUT2D eigenvalue weighted by atomic mass is 9.74. The van der Waals surface area contributed by atoms with Crippen molar-refractivity contribution in [2.75, 3.05) is 0 Å². The van der Waals surface area contributed by atoms with E-state index in [1.54, 1.807) is 34.6 Å². The van der Waals surface area contributed by atoms with E-state index in [9.17, 15) is 9.59 Å². The Morgan fingerprint density at radius 2 is 1.68 bits per heavy atom. The molecule has 0 bridgehead atoms. The van der Waals surface area contributed by atoms with E-state index in [-0.39, 0.29) is 17.4 Å². The quantitative estimate of drug-likeness (QED) is 0.630. The highest BCUT2D eigenvalue weighted by atomic mass is 16.6. The number of alkyl carbamates (subject to hydrolysis) is 1. The van der Waals surface area contributed by atoms with Gasteiger partial charge >= 0.3 is 6.09 Å². The molecule has 0 radical (unpaired) electrons. The van der Waals surface area contributed by atoms with Crippen LogP contribution in [0.3, 0.4) is 0 Å². The van der Waals surface area contributed by atoms with Gasteiger partial charge in [0.25, 0.3) is 0 Å². The molecule has 0 atom stereocenters. The summed E-state index contributed by atoms with van der Waals surface area (Å²) in [6.07, 6.45) is 4.52. The number of hydrogen-bond acceptors (Lipinski definition) is 5. The number of Topliss-reactive ketones (excluding diaryl/α,β-unsaturated/α-hetero) is 1. The number of ketones is 1. The minimum absolute atomic E-state index is 0.0730. The molecule has 2 aromatic rings. The highest BCUT2D eigenvalue weighted by Crippen LogP contribution is 2.39. The van der Waals surface area contributed by atoms with Gasteiger partial charge in [-0.1, -0.05) is 18.2 Å². The molecule has 1 amide bonds. The average Bonchev–Trinajstić information content (AvgIpc) is 2.70. The van der Waals surface area contributed by atoms with Crippen molar-refractivity contribution < 1.29 is 14.3 Å². The molecule has 166 valence electrons. The van der Waals surface area contributed by atoms with Crippen LogP contribution in [-0.2, 0) is 9.53 Å². The maximum absolute atomic E-state index is 13.0. The molecule has 3 rings (SSSR count). The number of amides is 1. The standard InChI is InChI=1S/C25H33N3O3/c1-24(2,3)31-23(30)28-25(4,5)22(26)21(29)17-12-10-16(11-13-17)18-14-15-27-20-9-7-6-8-19(18)20/h6-9,14-17,26H,10-13H2,1-5H3,(H,28,30). The number of hydrogen-bond donors (Lipinski definition) is 2. The number of pyridine rings is 1. The number of nitrogens with one attached hydrogen (secondary N) is 2. The molecule has 1 heterocycles. The first-order valence-corrected chi connectivity index (χ1v) is 11.0. The molecular weight excluding hydrogens is 390 g/mol. The molecule has 1 aromatic heterocycles. The summed E-state index contributed by atoms with van der Waals surface area (Å²) >= 11 is 0. The van der Waals surface area contributed by atoms with Gasteiger partial charge < -0.3 is 10.1 Å². The highest BCUT2D eigenvalue weighted by Gasteiger charge is 2.37. The second-order valence-corrected chi connectivity index (χ2v) is 9.96. The summed E-state index contributed by atoms with van der Waals surface area (Å²) in [5, 5.41) is 12.3. The van der Waals surface area contributed by atoms with Crippen molar-refractivity contribution in [1.29, 1.82) is 5.41 Å². The van der Waals surface area contributed by atoms with Crippen molar-refractivity contribution in [3.8, 4) is 0 Å². The van der Waals surface area contributed by atoms with E-state index in [1.807, 2.05) is 24.4 Å². The molecule has 6 heteroatoms. The van der Waals surface area contributed by atoms with Gasteiger partial charge in [-0.25, -0.2) is 4.79 Å². The molecule has 0 aliphatic heterocycles. The number of rotatable bonds is 5. The Morgan fingerprint density at radius 1 is 1.03 bits per heavy atom. The third-order valence-corrected chi connectivity index (χ3v) is 5.91. The molecule has 0 spiro atoms. The summed E-state index contributed by atoms with van der Waals surface area (Å²) < 4.78 is 5.28. The second kappa shape index (κ2) is 8.77. The Labute approximate surface area is 184 Å². The van der Waals surface area contributed by atoms with Crippen molar-refractivity contribution in [2.24, 2.45) is 5.92 Å². The monoisotopic (exact) mass is 423 g/mol. The first-order chi connectivity index (χ1) is 14.5. The SMILES string of the molecule is CC(C)(C)OC(=O)NC(C)(C)C(=N)C(=O)C1CCC(c2ccnc3ccccc23)CC1. The molecule has 31 heavy (non-hydrogen) atoms. The maximum atomic E-state index is 13.0. The minimum atomic E-state index is -1.09. The summed E-state index contributed by atoms with van der Waals surface area (Å²) in [6, 6.07) is 10.2. The van der Waals surface area contributed by atoms with Gasteiger partial charge in [0.15, 0.2) is 5.78 Å². The van der Waals surface area contributed by atoms with Crippen LogP contribution in [0.4, 0.5) is 4.79 Å². The second-order valence-electron chi connectivity index (χ2n) is 9.96. The van der Waals surface area contributed by atoms with Crippen LogP contribution in [0.15, 0.2) is 36.5 Å². The van der Waals surface area contributed by atoms with E-state index in [0.717, 1.165) is 31.2 Å². The first-order valence-electron chi connectivity index (χ1n) is 11.0. The first kappa shape index (κ1) is 22.9. The zero-order valence-corrected chi connectivity index (χ0v) is 19.1. The van der Waals surface area contributed by atoms with Gasteiger partial charge in [-0.15, -0.1) is 0 Å². The van der Waals surface area contributed by atoms with Crippen molar-refractivity contribution in [3.05, 3.63) is 42.1 Å². The summed E-state index contributed by atoms with van der Waals surface area (Å²) in [5.74, 6) is 0.0229. The Bertz CT molecular complexity index is 978. The number of benzene rings is 1. The summed E-state index contributed by atoms with van der Waals surface area (Å²) in [6.45, 7) is 8.68. The summed E-state index contributed by atoms with van der Waals surface area (Å²) in [4.78, 5) is 29.6. The number of nitrogens with zero attached hydrogens (tertiary/aromatic N) is 1. The molecular formula is C25H33N3O3. The number of carbonyl (C=O) groups is 2. The number of fused-ring (bicyclic) bond motifs is 1. The Kier molecular flexibility index (Phi) is 6.48. The van der Waals surface area contributed by atoms with E-state index in [2.05, 4.69) is 22.4 Å². The third-order valence-electron chi connectivity index (χ3n) is 5.91. The van der Waals surface area contributed by atoms with E-state index >= 15 is 0 Å². The van der Waals surface area contributed by atoms with E-state index in [4.69, 9.17) is 10.1 Å². The molecule has 1 saturated carbocycles. The van der Waals surface area contributed by atoms with Gasteiger partial charge in [-0.3, -0.25) is 15.2 Å². The van der Waals surface area contributed by atoms with Crippen molar-refractivity contribution in [2.45, 2.75) is 77.4 Å². The Balaban J connectivity index is 1.63. The van der Waals surface area contributed by atoms with E-state index in [0.29, 0.717) is 5.92 Å². The number of carbonyl (C=O) groups excluding carboxylic acids is 2. The number of aromatic nitrogens is 1. The largest absolute Gasteiger partial charge is 0.444 e. The number of para-hydroxylation sites is 1. The van der Waals surface area contributed by atoms with Crippen LogP contribution >= 0.6 is 0 Å². The fourth-order valence-electron chi connectivity index (χ4n) is 4.27. The third kappa shape index (κ3) is 5.49. The van der Waals surface area contributed by atoms with Crippen molar-refractivity contribution in [3.63, 3.8) is 0 Å². The normalized spacial score (nSPS) is 19.6. The molecule has 1 aromatic carbocycles. The van der Waals surface area contributed by atoms with Crippen LogP contribution in [0.5, 0.6) is 0 Å². The van der Waals surface area contributed by atoms with Crippen LogP contribution in [0.1, 0.15) is 71.8 Å². The lowest BCUT2D eigenvalue weighted by molar-refractivity contribution is -0.117. The van der Waals surface area contributed by atoms with Crippen LogP contribution in [0.2, 0.25) is 0 Å². The van der Waals surface area contributed by atoms with E-state index < -0.39 is 17.2 Å². The van der Waals surface area contributed by atoms with Crippen LogP contribution in [0.25, 0.3) is 10.9 Å². The fraction of sp³-hybridized carbons (Fsp3) is 0.520. The van der Waals surface area contributed by atoms with Gasteiger partial charge in [-0.05, 0) is 83.9 Å². The van der Waals surface area contributed by atoms with Crippen LogP contribution in [0, 0.1) is 11.3 Å². The molecule has 2 N–H and O–H groups in total. The van der Waals surface area contributed by atoms with Gasteiger partial charge in [0.05, 0.1) is 16.8 Å². The smallest absolute Gasteiger partial charge is 0.408 e. The fourth-order valence-corrected chi connectivity index (χ4v) is 4.27. The molecule has 1 fully saturated rings. The lowest BCUT2D eigenvalue weighted by Crippen LogP contribution is -2.54. The summed E-state index contributed by atoms with van der Waals surface area (Å²) in [7, 11) is 0. The predicted octanol–water partition coefficient (Wildman–Crippen LogP) is 5.40. The highest BCUT2D eigenvalue weighted by molar-refractivity contribution is 6.42. The molecule has 1 aliphatic rings. The van der Waals surface area contributed by atoms with Crippen molar-refractivity contribution >= 4 is 28.5 Å². The van der Waals surface area contributed by atoms with Gasteiger partial charge in [0.2, 0.25) is 0 Å². The maximum Gasteiger partial charge on any atom is 0.408 e. The topological polar surface area (TPSA) is 92.1 Å². The number of ether oxygens (including phenoxy) is 1. The molecule has 1 aliphatic carbocycles. The van der Waals surface area contributed by atoms with Crippen LogP contribution in [-0.4, -0.2) is 33.7 Å². The lowest BCUT2D eigenvalue weighted by Gasteiger charge is -2.32. The van der Waals surface area contributed by atoms with Gasteiger partial charge in [0, 0.05) is 17.5 Å². The Morgan fingerprint density at radius 3 is 2.32 bits per heavy atom. The zero-order valence-electron chi connectivity index (χ0n) is 19.1.